The van der Waals surface area contributed by atoms with Crippen LogP contribution in [0.1, 0.15) is 29.9 Å². The third-order valence-electron chi connectivity index (χ3n) is 2.80. The molecule has 2 N–H and O–H groups in total. The van der Waals surface area contributed by atoms with Crippen LogP contribution < -0.4 is 5.73 Å². The second-order valence-electron chi connectivity index (χ2n) is 4.41. The molecule has 0 aliphatic rings. The van der Waals surface area contributed by atoms with Crippen LogP contribution in [0.4, 0.5) is 0 Å². The van der Waals surface area contributed by atoms with Gasteiger partial charge in [-0.2, -0.15) is 0 Å². The molecule has 0 bridgehead atoms. The van der Waals surface area contributed by atoms with Crippen molar-refractivity contribution < 1.29 is 4.42 Å². The van der Waals surface area contributed by atoms with Crippen LogP contribution in [0.15, 0.2) is 33.2 Å². The van der Waals surface area contributed by atoms with Gasteiger partial charge in [0.2, 0.25) is 0 Å². The van der Waals surface area contributed by atoms with E-state index in [4.69, 9.17) is 10.2 Å². The van der Waals surface area contributed by atoms with Crippen LogP contribution in [0, 0.1) is 13.8 Å². The lowest BCUT2D eigenvalue weighted by Gasteiger charge is -2.06. The summed E-state index contributed by atoms with van der Waals surface area (Å²) < 4.78 is 6.89. The number of nitrogens with two attached hydrogens (primary N) is 1. The van der Waals surface area contributed by atoms with E-state index in [0.717, 1.165) is 21.6 Å². The van der Waals surface area contributed by atoms with Gasteiger partial charge in [0.1, 0.15) is 11.5 Å². The van der Waals surface area contributed by atoms with Gasteiger partial charge < -0.3 is 10.2 Å². The number of furan rings is 1. The fraction of sp³-hybridized carbons (Fsp3) is 0.286. The minimum Gasteiger partial charge on any atom is -0.459 e. The van der Waals surface area contributed by atoms with Crippen molar-refractivity contribution in [1.29, 1.82) is 0 Å². The van der Waals surface area contributed by atoms with Crippen molar-refractivity contribution in [3.8, 4) is 11.3 Å². The Morgan fingerprint density at radius 1 is 1.18 bits per heavy atom. The van der Waals surface area contributed by atoms with E-state index < -0.39 is 0 Å². The van der Waals surface area contributed by atoms with Crippen LogP contribution in [-0.4, -0.2) is 0 Å². The summed E-state index contributed by atoms with van der Waals surface area (Å²) in [7, 11) is 0. The van der Waals surface area contributed by atoms with Gasteiger partial charge >= 0.3 is 0 Å². The first-order valence-electron chi connectivity index (χ1n) is 5.61. The summed E-state index contributed by atoms with van der Waals surface area (Å²) in [6.07, 6.45) is 0. The van der Waals surface area contributed by atoms with Gasteiger partial charge in [-0.3, -0.25) is 0 Å². The highest BCUT2D eigenvalue weighted by molar-refractivity contribution is 9.10. The normalized spacial score (nSPS) is 12.8. The van der Waals surface area contributed by atoms with Gasteiger partial charge in [-0.1, -0.05) is 15.9 Å². The lowest BCUT2D eigenvalue weighted by molar-refractivity contribution is 0.491. The minimum atomic E-state index is -0.0682. The zero-order chi connectivity index (χ0) is 12.6. The molecule has 0 spiro atoms. The van der Waals surface area contributed by atoms with E-state index in [1.54, 1.807) is 0 Å². The summed E-state index contributed by atoms with van der Waals surface area (Å²) in [6, 6.07) is 8.07. The van der Waals surface area contributed by atoms with Crippen molar-refractivity contribution in [3.05, 3.63) is 45.6 Å². The van der Waals surface area contributed by atoms with Gasteiger partial charge in [-0.15, -0.1) is 0 Å². The summed E-state index contributed by atoms with van der Waals surface area (Å²) in [5.74, 6) is 1.69. The number of hydrogen-bond donors (Lipinski definition) is 1. The third-order valence-corrected chi connectivity index (χ3v) is 4.05. The molecule has 1 unspecified atom stereocenters. The number of halogens is 1. The number of rotatable bonds is 2. The fourth-order valence-corrected chi connectivity index (χ4v) is 2.07. The van der Waals surface area contributed by atoms with E-state index in [-0.39, 0.29) is 6.04 Å². The quantitative estimate of drug-likeness (QED) is 0.894. The third kappa shape index (κ3) is 2.45. The van der Waals surface area contributed by atoms with E-state index >= 15 is 0 Å². The van der Waals surface area contributed by atoms with Crippen molar-refractivity contribution >= 4 is 15.9 Å². The van der Waals surface area contributed by atoms with Crippen LogP contribution in [0.3, 0.4) is 0 Å². The molecular formula is C14H16BrNO. The van der Waals surface area contributed by atoms with E-state index in [1.807, 2.05) is 19.1 Å². The first-order chi connectivity index (χ1) is 7.99. The summed E-state index contributed by atoms with van der Waals surface area (Å²) in [5.41, 5.74) is 9.29. The Kier molecular flexibility index (Phi) is 3.40. The van der Waals surface area contributed by atoms with Gasteiger partial charge in [0.25, 0.3) is 0 Å². The first kappa shape index (κ1) is 12.4. The molecule has 0 saturated heterocycles. The van der Waals surface area contributed by atoms with Crippen LogP contribution in [0.25, 0.3) is 11.3 Å². The number of hydrogen-bond acceptors (Lipinski definition) is 2. The highest BCUT2D eigenvalue weighted by Gasteiger charge is 2.10. The molecule has 1 heterocycles. The predicted octanol–water partition coefficient (Wildman–Crippen LogP) is 4.35. The van der Waals surface area contributed by atoms with E-state index in [1.165, 1.54) is 11.1 Å². The van der Waals surface area contributed by atoms with Crippen LogP contribution in [0.2, 0.25) is 0 Å². The SMILES string of the molecule is Cc1cc(-c2ccc(C(C)N)o2)cc(C)c1Br. The second kappa shape index (κ2) is 4.67. The van der Waals surface area contributed by atoms with Crippen molar-refractivity contribution in [2.75, 3.05) is 0 Å². The molecule has 2 nitrogen and oxygen atoms in total. The highest BCUT2D eigenvalue weighted by atomic mass is 79.9. The van der Waals surface area contributed by atoms with Gasteiger partial charge in [0.05, 0.1) is 6.04 Å². The van der Waals surface area contributed by atoms with Gasteiger partial charge in [0, 0.05) is 10.0 Å². The topological polar surface area (TPSA) is 39.2 Å². The Morgan fingerprint density at radius 2 is 1.76 bits per heavy atom. The molecule has 3 heteroatoms. The zero-order valence-corrected chi connectivity index (χ0v) is 11.8. The molecule has 0 aliphatic heterocycles. The Balaban J connectivity index is 2.46. The Labute approximate surface area is 110 Å². The number of aryl methyl sites for hydroxylation is 2. The molecule has 0 saturated carbocycles. The molecular weight excluding hydrogens is 278 g/mol. The van der Waals surface area contributed by atoms with E-state index in [2.05, 4.69) is 41.9 Å². The minimum absolute atomic E-state index is 0.0682. The maximum absolute atomic E-state index is 5.79. The van der Waals surface area contributed by atoms with Gasteiger partial charge in [-0.25, -0.2) is 0 Å². The fourth-order valence-electron chi connectivity index (χ4n) is 1.84. The molecule has 1 aromatic carbocycles. The van der Waals surface area contributed by atoms with Crippen molar-refractivity contribution in [2.24, 2.45) is 5.73 Å². The molecule has 17 heavy (non-hydrogen) atoms. The Bertz CT molecular complexity index is 520. The molecule has 1 atom stereocenters. The second-order valence-corrected chi connectivity index (χ2v) is 5.21. The lowest BCUT2D eigenvalue weighted by Crippen LogP contribution is -2.02. The zero-order valence-electron chi connectivity index (χ0n) is 10.3. The lowest BCUT2D eigenvalue weighted by atomic mass is 10.1. The summed E-state index contributed by atoms with van der Waals surface area (Å²) in [5, 5.41) is 0. The molecule has 0 fully saturated rings. The molecule has 0 radical (unpaired) electrons. The van der Waals surface area contributed by atoms with Crippen molar-refractivity contribution in [1.82, 2.24) is 0 Å². The van der Waals surface area contributed by atoms with Crippen LogP contribution in [-0.2, 0) is 0 Å². The summed E-state index contributed by atoms with van der Waals surface area (Å²) in [4.78, 5) is 0. The smallest absolute Gasteiger partial charge is 0.134 e. The molecule has 0 amide bonds. The van der Waals surface area contributed by atoms with E-state index in [0.29, 0.717) is 0 Å². The Morgan fingerprint density at radius 3 is 2.24 bits per heavy atom. The molecule has 1 aromatic heterocycles. The van der Waals surface area contributed by atoms with Crippen LogP contribution >= 0.6 is 15.9 Å². The van der Waals surface area contributed by atoms with E-state index in [9.17, 15) is 0 Å². The predicted molar refractivity (Wildman–Crippen MR) is 73.9 cm³/mol. The van der Waals surface area contributed by atoms with Crippen molar-refractivity contribution in [3.63, 3.8) is 0 Å². The van der Waals surface area contributed by atoms with Gasteiger partial charge in [-0.05, 0) is 56.2 Å². The molecule has 2 aromatic rings. The standard InChI is InChI=1S/C14H16BrNO/c1-8-6-11(7-9(2)14(8)15)13-5-4-12(17-13)10(3)16/h4-7,10H,16H2,1-3H3. The first-order valence-corrected chi connectivity index (χ1v) is 6.40. The van der Waals surface area contributed by atoms with Crippen molar-refractivity contribution in [2.45, 2.75) is 26.8 Å². The average Bonchev–Trinajstić information content (AvgIpc) is 2.74. The Hall–Kier alpha value is -1.06. The van der Waals surface area contributed by atoms with Crippen LogP contribution in [0.5, 0.6) is 0 Å². The molecule has 2 rings (SSSR count). The largest absolute Gasteiger partial charge is 0.459 e. The highest BCUT2D eigenvalue weighted by Crippen LogP contribution is 2.30. The maximum atomic E-state index is 5.79. The molecule has 90 valence electrons. The van der Waals surface area contributed by atoms with Gasteiger partial charge in [0.15, 0.2) is 0 Å². The summed E-state index contributed by atoms with van der Waals surface area (Å²) >= 11 is 3.56. The monoisotopic (exact) mass is 293 g/mol. The molecule has 0 aliphatic carbocycles. The average molecular weight is 294 g/mol. The summed E-state index contributed by atoms with van der Waals surface area (Å²) in [6.45, 7) is 6.08. The maximum Gasteiger partial charge on any atom is 0.134 e. The number of benzene rings is 1.